The van der Waals surface area contributed by atoms with Crippen molar-refractivity contribution in [2.75, 3.05) is 18.2 Å². The molecule has 1 aliphatic rings. The Morgan fingerprint density at radius 1 is 1.47 bits per heavy atom. The molecule has 1 aromatic carbocycles. The van der Waals surface area contributed by atoms with Crippen LogP contribution < -0.4 is 10.6 Å². The van der Waals surface area contributed by atoms with Crippen LogP contribution in [0.25, 0.3) is 0 Å². The highest BCUT2D eigenvalue weighted by molar-refractivity contribution is 7.99. The highest BCUT2D eigenvalue weighted by Crippen LogP contribution is 2.09. The summed E-state index contributed by atoms with van der Waals surface area (Å²) in [4.78, 5) is 11.6. The first-order valence-corrected chi connectivity index (χ1v) is 6.74. The summed E-state index contributed by atoms with van der Waals surface area (Å²) < 4.78 is 12.7. The molecule has 5 heteroatoms. The van der Waals surface area contributed by atoms with Crippen LogP contribution in [0.1, 0.15) is 5.56 Å². The van der Waals surface area contributed by atoms with Crippen LogP contribution in [0.15, 0.2) is 24.3 Å². The van der Waals surface area contributed by atoms with Gasteiger partial charge in [-0.2, -0.15) is 0 Å². The lowest BCUT2D eigenvalue weighted by Gasteiger charge is -2.10. The maximum atomic E-state index is 12.7. The van der Waals surface area contributed by atoms with Gasteiger partial charge in [0.2, 0.25) is 5.91 Å². The number of nitrogens with one attached hydrogen (secondary N) is 2. The van der Waals surface area contributed by atoms with Crippen molar-refractivity contribution < 1.29 is 9.18 Å². The molecule has 1 amide bonds. The van der Waals surface area contributed by atoms with Gasteiger partial charge in [-0.3, -0.25) is 10.1 Å². The number of carbonyl (C=O) groups excluding carboxylic acids is 1. The Morgan fingerprint density at radius 3 is 2.88 bits per heavy atom. The van der Waals surface area contributed by atoms with Gasteiger partial charge >= 0.3 is 0 Å². The van der Waals surface area contributed by atoms with E-state index in [-0.39, 0.29) is 17.8 Å². The summed E-state index contributed by atoms with van der Waals surface area (Å²) in [7, 11) is 0. The van der Waals surface area contributed by atoms with Crippen LogP contribution in [-0.4, -0.2) is 30.1 Å². The van der Waals surface area contributed by atoms with Crippen molar-refractivity contribution in [2.24, 2.45) is 0 Å². The van der Waals surface area contributed by atoms with Crippen molar-refractivity contribution in [3.05, 3.63) is 35.6 Å². The maximum absolute atomic E-state index is 12.7. The quantitative estimate of drug-likeness (QED) is 0.847. The fourth-order valence-electron chi connectivity index (χ4n) is 1.67. The lowest BCUT2D eigenvalue weighted by Crippen LogP contribution is -2.42. The van der Waals surface area contributed by atoms with Gasteiger partial charge in [0.25, 0.3) is 0 Å². The van der Waals surface area contributed by atoms with Crippen LogP contribution in [0.4, 0.5) is 4.39 Å². The van der Waals surface area contributed by atoms with Crippen LogP contribution in [-0.2, 0) is 11.2 Å². The zero-order valence-electron chi connectivity index (χ0n) is 9.41. The molecule has 17 heavy (non-hydrogen) atoms. The van der Waals surface area contributed by atoms with Gasteiger partial charge in [0.15, 0.2) is 0 Å². The fraction of sp³-hybridized carbons (Fsp3) is 0.417. The third kappa shape index (κ3) is 3.71. The smallest absolute Gasteiger partial charge is 0.238 e. The maximum Gasteiger partial charge on any atom is 0.238 e. The number of hydrogen-bond donors (Lipinski definition) is 2. The first-order valence-electron chi connectivity index (χ1n) is 5.59. The molecule has 0 saturated carbocycles. The van der Waals surface area contributed by atoms with Gasteiger partial charge < -0.3 is 5.32 Å². The molecule has 3 nitrogen and oxygen atoms in total. The van der Waals surface area contributed by atoms with Crippen LogP contribution in [0.3, 0.4) is 0 Å². The fourth-order valence-corrected chi connectivity index (χ4v) is 2.61. The van der Waals surface area contributed by atoms with E-state index in [9.17, 15) is 9.18 Å². The standard InChI is InChI=1S/C12H15FN2OS/c13-10-3-1-9(2-4-10)5-6-14-12(16)11-7-17-8-15-11/h1-4,11,15H,5-8H2,(H,14,16). The molecule has 0 bridgehead atoms. The van der Waals surface area contributed by atoms with Gasteiger partial charge in [0.05, 0.1) is 6.04 Å². The third-order valence-electron chi connectivity index (χ3n) is 2.66. The zero-order chi connectivity index (χ0) is 12.1. The molecule has 0 aromatic heterocycles. The molecule has 92 valence electrons. The van der Waals surface area contributed by atoms with Crippen LogP contribution in [0, 0.1) is 5.82 Å². The summed E-state index contributed by atoms with van der Waals surface area (Å²) in [5.74, 6) is 1.50. The number of halogens is 1. The average molecular weight is 254 g/mol. The molecule has 1 aromatic rings. The summed E-state index contributed by atoms with van der Waals surface area (Å²) in [5.41, 5.74) is 1.03. The topological polar surface area (TPSA) is 41.1 Å². The lowest BCUT2D eigenvalue weighted by molar-refractivity contribution is -0.122. The van der Waals surface area contributed by atoms with Gasteiger partial charge in [-0.05, 0) is 24.1 Å². The van der Waals surface area contributed by atoms with E-state index in [0.29, 0.717) is 6.54 Å². The molecule has 2 rings (SSSR count). The molecule has 0 radical (unpaired) electrons. The highest BCUT2D eigenvalue weighted by Gasteiger charge is 2.21. The van der Waals surface area contributed by atoms with Crippen molar-refractivity contribution in [3.63, 3.8) is 0 Å². The molecule has 1 atom stereocenters. The second-order valence-corrected chi connectivity index (χ2v) is 4.97. The molecule has 0 spiro atoms. The van der Waals surface area contributed by atoms with Gasteiger partial charge in [0.1, 0.15) is 5.82 Å². The Balaban J connectivity index is 1.72. The van der Waals surface area contributed by atoms with Gasteiger partial charge in [0, 0.05) is 18.2 Å². The van der Waals surface area contributed by atoms with E-state index in [2.05, 4.69) is 10.6 Å². The summed E-state index contributed by atoms with van der Waals surface area (Å²) in [5, 5.41) is 5.99. The Labute approximate surface area is 104 Å². The van der Waals surface area contributed by atoms with E-state index in [1.807, 2.05) is 0 Å². The largest absolute Gasteiger partial charge is 0.354 e. The van der Waals surface area contributed by atoms with E-state index in [0.717, 1.165) is 23.6 Å². The second kappa shape index (κ2) is 6.02. The summed E-state index contributed by atoms with van der Waals surface area (Å²) in [6, 6.07) is 6.29. The van der Waals surface area contributed by atoms with E-state index in [1.54, 1.807) is 23.9 Å². The normalized spacial score (nSPS) is 19.2. The number of amides is 1. The second-order valence-electron chi connectivity index (χ2n) is 3.94. The SMILES string of the molecule is O=C(NCCc1ccc(F)cc1)C1CSCN1. The van der Waals surface area contributed by atoms with Crippen molar-refractivity contribution in [3.8, 4) is 0 Å². The molecular weight excluding hydrogens is 239 g/mol. The molecule has 1 fully saturated rings. The number of carbonyl (C=O) groups is 1. The minimum atomic E-state index is -0.232. The van der Waals surface area contributed by atoms with Gasteiger partial charge in [-0.25, -0.2) is 4.39 Å². The summed E-state index contributed by atoms with van der Waals surface area (Å²) in [6.07, 6.45) is 0.728. The predicted molar refractivity (Wildman–Crippen MR) is 67.4 cm³/mol. The first-order chi connectivity index (χ1) is 8.25. The van der Waals surface area contributed by atoms with E-state index in [1.165, 1.54) is 12.1 Å². The first kappa shape index (κ1) is 12.4. The van der Waals surface area contributed by atoms with E-state index < -0.39 is 0 Å². The third-order valence-corrected chi connectivity index (χ3v) is 3.60. The molecule has 1 saturated heterocycles. The molecule has 2 N–H and O–H groups in total. The summed E-state index contributed by atoms with van der Waals surface area (Å²) >= 11 is 1.73. The van der Waals surface area contributed by atoms with Crippen molar-refractivity contribution in [2.45, 2.75) is 12.5 Å². The number of hydrogen-bond acceptors (Lipinski definition) is 3. The minimum absolute atomic E-state index is 0.0529. The molecular formula is C12H15FN2OS. The number of thioether (sulfide) groups is 1. The Hall–Kier alpha value is -1.07. The van der Waals surface area contributed by atoms with Crippen LogP contribution in [0.2, 0.25) is 0 Å². The molecule has 1 heterocycles. The zero-order valence-corrected chi connectivity index (χ0v) is 10.2. The van der Waals surface area contributed by atoms with Crippen LogP contribution in [0.5, 0.6) is 0 Å². The van der Waals surface area contributed by atoms with Crippen LogP contribution >= 0.6 is 11.8 Å². The van der Waals surface area contributed by atoms with Crippen molar-refractivity contribution in [1.29, 1.82) is 0 Å². The molecule has 1 aliphatic heterocycles. The highest BCUT2D eigenvalue weighted by atomic mass is 32.2. The van der Waals surface area contributed by atoms with Crippen molar-refractivity contribution in [1.82, 2.24) is 10.6 Å². The Morgan fingerprint density at radius 2 is 2.24 bits per heavy atom. The Kier molecular flexibility index (Phi) is 4.39. The number of rotatable bonds is 4. The number of benzene rings is 1. The van der Waals surface area contributed by atoms with Crippen molar-refractivity contribution >= 4 is 17.7 Å². The van der Waals surface area contributed by atoms with E-state index >= 15 is 0 Å². The molecule has 0 aliphatic carbocycles. The predicted octanol–water partition coefficient (Wildman–Crippen LogP) is 1.15. The van der Waals surface area contributed by atoms with E-state index in [4.69, 9.17) is 0 Å². The summed E-state index contributed by atoms with van der Waals surface area (Å²) in [6.45, 7) is 0.591. The lowest BCUT2D eigenvalue weighted by atomic mass is 10.1. The van der Waals surface area contributed by atoms with Gasteiger partial charge in [-0.1, -0.05) is 12.1 Å². The van der Waals surface area contributed by atoms with Gasteiger partial charge in [-0.15, -0.1) is 11.8 Å². The average Bonchev–Trinajstić information content (AvgIpc) is 2.85. The Bertz CT molecular complexity index is 377. The molecule has 1 unspecified atom stereocenters. The monoisotopic (exact) mass is 254 g/mol. The minimum Gasteiger partial charge on any atom is -0.354 e.